The molecule has 7 heteroatoms. The molecule has 0 aromatic heterocycles. The fourth-order valence-electron chi connectivity index (χ4n) is 2.04. The van der Waals surface area contributed by atoms with Gasteiger partial charge in [-0.05, 0) is 12.1 Å². The topological polar surface area (TPSA) is 85.9 Å². The van der Waals surface area contributed by atoms with Crippen LogP contribution in [0.1, 0.15) is 22.1 Å². The Labute approximate surface area is 121 Å². The van der Waals surface area contributed by atoms with Gasteiger partial charge in [0.25, 0.3) is 0 Å². The molecule has 1 aromatic carbocycles. The van der Waals surface area contributed by atoms with Gasteiger partial charge in [0.05, 0.1) is 14.2 Å². The monoisotopic (exact) mass is 292 g/mol. The van der Waals surface area contributed by atoms with Crippen LogP contribution in [0.3, 0.4) is 0 Å². The smallest absolute Gasteiger partial charge is 0.344 e. The van der Waals surface area contributed by atoms with Gasteiger partial charge in [-0.15, -0.1) is 6.58 Å². The van der Waals surface area contributed by atoms with E-state index in [0.717, 1.165) is 0 Å². The highest BCUT2D eigenvalue weighted by Gasteiger charge is 2.36. The Morgan fingerprint density at radius 2 is 2.19 bits per heavy atom. The Hall–Kier alpha value is -2.70. The van der Waals surface area contributed by atoms with Crippen LogP contribution in [0.5, 0.6) is 11.5 Å². The van der Waals surface area contributed by atoms with E-state index in [-0.39, 0.29) is 11.3 Å². The van der Waals surface area contributed by atoms with Crippen LogP contribution in [0.2, 0.25) is 0 Å². The number of methoxy groups -OCH3 is 2. The lowest BCUT2D eigenvalue weighted by atomic mass is 10.1. The lowest BCUT2D eigenvalue weighted by molar-refractivity contribution is 0.0336. The molecule has 1 aromatic rings. The maximum atomic E-state index is 12.0. The molecular formula is C14H16N2O5. The molecule has 0 spiro atoms. The first-order valence-electron chi connectivity index (χ1n) is 6.23. The van der Waals surface area contributed by atoms with Crippen molar-refractivity contribution in [2.45, 2.75) is 6.23 Å². The third-order valence-corrected chi connectivity index (χ3v) is 2.96. The molecule has 1 atom stereocenters. The summed E-state index contributed by atoms with van der Waals surface area (Å²) in [5.41, 5.74) is 0.775. The molecule has 0 saturated heterocycles. The highest BCUT2D eigenvalue weighted by atomic mass is 16.6. The van der Waals surface area contributed by atoms with Gasteiger partial charge >= 0.3 is 12.0 Å². The molecule has 1 aliphatic rings. The minimum Gasteiger partial charge on any atom is -0.493 e. The van der Waals surface area contributed by atoms with Crippen molar-refractivity contribution in [3.05, 3.63) is 35.9 Å². The zero-order valence-electron chi connectivity index (χ0n) is 11.8. The second-order valence-electron chi connectivity index (χ2n) is 4.19. The number of urea groups is 1. The van der Waals surface area contributed by atoms with E-state index in [4.69, 9.17) is 14.2 Å². The van der Waals surface area contributed by atoms with Gasteiger partial charge in [-0.2, -0.15) is 0 Å². The first-order chi connectivity index (χ1) is 10.1. The van der Waals surface area contributed by atoms with Gasteiger partial charge < -0.3 is 19.5 Å². The molecule has 1 aliphatic heterocycles. The lowest BCUT2D eigenvalue weighted by Crippen LogP contribution is -2.38. The third kappa shape index (κ3) is 2.76. The van der Waals surface area contributed by atoms with E-state index >= 15 is 0 Å². The number of hydrogen-bond donors (Lipinski definition) is 2. The number of hydrogen-bond acceptors (Lipinski definition) is 5. The standard InChI is InChI=1S/C14H16N2O5/c1-4-7-15-14(18)16-12-8-5-6-9(19-2)11(20-3)10(8)13(17)21-12/h4-6,12H,1,7H2,2-3H3,(H2,15,16,18)/t12-/m1/s1. The molecule has 0 bridgehead atoms. The molecule has 21 heavy (non-hydrogen) atoms. The van der Waals surface area contributed by atoms with Gasteiger partial charge in [0.15, 0.2) is 11.5 Å². The Balaban J connectivity index is 2.27. The number of benzene rings is 1. The summed E-state index contributed by atoms with van der Waals surface area (Å²) in [5.74, 6) is 0.135. The number of esters is 1. The molecule has 0 fully saturated rings. The summed E-state index contributed by atoms with van der Waals surface area (Å²) in [5, 5.41) is 5.09. The van der Waals surface area contributed by atoms with E-state index in [1.54, 1.807) is 18.2 Å². The van der Waals surface area contributed by atoms with Gasteiger partial charge in [0.2, 0.25) is 6.23 Å². The van der Waals surface area contributed by atoms with Crippen LogP contribution < -0.4 is 20.1 Å². The number of carbonyl (C=O) groups is 2. The second kappa shape index (κ2) is 6.17. The van der Waals surface area contributed by atoms with E-state index in [1.165, 1.54) is 14.2 Å². The Morgan fingerprint density at radius 3 is 2.81 bits per heavy atom. The van der Waals surface area contributed by atoms with Crippen molar-refractivity contribution in [1.82, 2.24) is 10.6 Å². The molecule has 2 amide bonds. The van der Waals surface area contributed by atoms with E-state index in [0.29, 0.717) is 17.9 Å². The summed E-state index contributed by atoms with van der Waals surface area (Å²) in [6.45, 7) is 3.81. The lowest BCUT2D eigenvalue weighted by Gasteiger charge is -2.14. The minimum absolute atomic E-state index is 0.255. The van der Waals surface area contributed by atoms with Crippen LogP contribution >= 0.6 is 0 Å². The van der Waals surface area contributed by atoms with Crippen LogP contribution in [0.15, 0.2) is 24.8 Å². The molecule has 1 heterocycles. The van der Waals surface area contributed by atoms with Crippen molar-refractivity contribution in [2.75, 3.05) is 20.8 Å². The van der Waals surface area contributed by atoms with Gasteiger partial charge in [0, 0.05) is 12.1 Å². The van der Waals surface area contributed by atoms with Crippen molar-refractivity contribution in [3.8, 4) is 11.5 Å². The normalized spacial score (nSPS) is 15.7. The van der Waals surface area contributed by atoms with Crippen LogP contribution in [-0.2, 0) is 4.74 Å². The SMILES string of the molecule is C=CCNC(=O)N[C@@H]1OC(=O)c2c1ccc(OC)c2OC. The average Bonchev–Trinajstić information content (AvgIpc) is 2.80. The van der Waals surface area contributed by atoms with Crippen LogP contribution in [0, 0.1) is 0 Å². The van der Waals surface area contributed by atoms with Crippen molar-refractivity contribution in [3.63, 3.8) is 0 Å². The first-order valence-corrected chi connectivity index (χ1v) is 6.23. The number of ether oxygens (including phenoxy) is 3. The molecular weight excluding hydrogens is 276 g/mol. The fraction of sp³-hybridized carbons (Fsp3) is 0.286. The number of amides is 2. The quantitative estimate of drug-likeness (QED) is 0.632. The Morgan fingerprint density at radius 1 is 1.43 bits per heavy atom. The van der Waals surface area contributed by atoms with Crippen molar-refractivity contribution in [1.29, 1.82) is 0 Å². The van der Waals surface area contributed by atoms with E-state index in [1.807, 2.05) is 0 Å². The largest absolute Gasteiger partial charge is 0.493 e. The van der Waals surface area contributed by atoms with Gasteiger partial charge in [-0.3, -0.25) is 5.32 Å². The van der Waals surface area contributed by atoms with E-state index in [2.05, 4.69) is 17.2 Å². The predicted octanol–water partition coefficient (Wildman–Crippen LogP) is 1.36. The summed E-state index contributed by atoms with van der Waals surface area (Å²) in [6, 6.07) is 2.84. The van der Waals surface area contributed by atoms with Gasteiger partial charge in [0.1, 0.15) is 5.56 Å². The maximum Gasteiger partial charge on any atom is 0.344 e. The Bertz CT molecular complexity index is 585. The van der Waals surface area contributed by atoms with Gasteiger partial charge in [-0.25, -0.2) is 9.59 Å². The average molecular weight is 292 g/mol. The molecule has 0 saturated carbocycles. The number of carbonyl (C=O) groups excluding carboxylic acids is 2. The number of nitrogens with one attached hydrogen (secondary N) is 2. The summed E-state index contributed by atoms with van der Waals surface area (Å²) in [7, 11) is 2.91. The summed E-state index contributed by atoms with van der Waals surface area (Å²) in [4.78, 5) is 23.6. The van der Waals surface area contributed by atoms with E-state index < -0.39 is 18.2 Å². The van der Waals surface area contributed by atoms with Crippen molar-refractivity contribution >= 4 is 12.0 Å². The summed E-state index contributed by atoms with van der Waals surface area (Å²) >= 11 is 0. The molecule has 0 radical (unpaired) electrons. The molecule has 2 N–H and O–H groups in total. The highest BCUT2D eigenvalue weighted by molar-refractivity contribution is 5.98. The van der Waals surface area contributed by atoms with Crippen LogP contribution in [0.4, 0.5) is 4.79 Å². The predicted molar refractivity (Wildman–Crippen MR) is 74.4 cm³/mol. The highest BCUT2D eigenvalue weighted by Crippen LogP contribution is 2.40. The minimum atomic E-state index is -0.864. The summed E-state index contributed by atoms with van der Waals surface area (Å²) in [6.07, 6.45) is 0.680. The molecule has 2 rings (SSSR count). The molecule has 112 valence electrons. The zero-order chi connectivity index (χ0) is 15.4. The molecule has 7 nitrogen and oxygen atoms in total. The third-order valence-electron chi connectivity index (χ3n) is 2.96. The van der Waals surface area contributed by atoms with E-state index in [9.17, 15) is 9.59 Å². The Kier molecular flexibility index (Phi) is 4.32. The molecule has 0 aliphatic carbocycles. The zero-order valence-corrected chi connectivity index (χ0v) is 11.8. The number of rotatable bonds is 5. The summed E-state index contributed by atoms with van der Waals surface area (Å²) < 4.78 is 15.5. The fourth-order valence-corrected chi connectivity index (χ4v) is 2.04. The van der Waals surface area contributed by atoms with Gasteiger partial charge in [-0.1, -0.05) is 6.08 Å². The number of fused-ring (bicyclic) bond motifs is 1. The van der Waals surface area contributed by atoms with Crippen molar-refractivity contribution in [2.24, 2.45) is 0 Å². The number of cyclic esters (lactones) is 1. The first kappa shape index (κ1) is 14.7. The second-order valence-corrected chi connectivity index (χ2v) is 4.19. The molecule has 0 unspecified atom stereocenters. The van der Waals surface area contributed by atoms with Crippen molar-refractivity contribution < 1.29 is 23.8 Å². The maximum absolute atomic E-state index is 12.0. The van der Waals surface area contributed by atoms with Crippen LogP contribution in [0.25, 0.3) is 0 Å². The van der Waals surface area contributed by atoms with Crippen LogP contribution in [-0.4, -0.2) is 32.8 Å².